The van der Waals surface area contributed by atoms with Crippen LogP contribution in [0.1, 0.15) is 76.7 Å². The number of carbonyl (C=O) groups is 1. The molecule has 0 bridgehead atoms. The first-order valence-electron chi connectivity index (χ1n) is 8.74. The molecule has 0 atom stereocenters. The molecule has 0 unspecified atom stereocenters. The molecule has 0 saturated heterocycles. The highest BCUT2D eigenvalue weighted by molar-refractivity contribution is 5.70. The van der Waals surface area contributed by atoms with Crippen LogP contribution in [0.5, 0.6) is 0 Å². The zero-order chi connectivity index (χ0) is 15.9. The van der Waals surface area contributed by atoms with E-state index in [0.717, 1.165) is 18.4 Å². The summed E-state index contributed by atoms with van der Waals surface area (Å²) in [5, 5.41) is 0. The van der Waals surface area contributed by atoms with E-state index in [9.17, 15) is 4.79 Å². The van der Waals surface area contributed by atoms with Crippen LogP contribution in [0.2, 0.25) is 0 Å². The van der Waals surface area contributed by atoms with Gasteiger partial charge in [-0.1, -0.05) is 88.6 Å². The van der Waals surface area contributed by atoms with E-state index in [1.165, 1.54) is 51.2 Å². The number of benzene rings is 1. The van der Waals surface area contributed by atoms with Crippen molar-refractivity contribution in [3.8, 4) is 0 Å². The Morgan fingerprint density at radius 1 is 0.909 bits per heavy atom. The molecule has 0 radical (unpaired) electrons. The van der Waals surface area contributed by atoms with Gasteiger partial charge in [0.2, 0.25) is 0 Å². The Morgan fingerprint density at radius 2 is 1.50 bits per heavy atom. The summed E-state index contributed by atoms with van der Waals surface area (Å²) in [6, 6.07) is 9.84. The highest BCUT2D eigenvalue weighted by atomic mass is 16.5. The van der Waals surface area contributed by atoms with Gasteiger partial charge >= 0.3 is 5.97 Å². The fourth-order valence-electron chi connectivity index (χ4n) is 2.39. The molecule has 1 aromatic rings. The molecule has 0 aliphatic carbocycles. The molecule has 2 nitrogen and oxygen atoms in total. The summed E-state index contributed by atoms with van der Waals surface area (Å²) in [5.41, 5.74) is 1.04. The molecular weight excluding hydrogens is 272 g/mol. The maximum atomic E-state index is 11.6. The van der Waals surface area contributed by atoms with Crippen molar-refractivity contribution in [2.45, 2.75) is 71.1 Å². The van der Waals surface area contributed by atoms with Crippen molar-refractivity contribution in [3.05, 3.63) is 42.2 Å². The van der Waals surface area contributed by atoms with Crippen molar-refractivity contribution in [2.75, 3.05) is 0 Å². The van der Waals surface area contributed by atoms with Crippen LogP contribution in [0.3, 0.4) is 0 Å². The van der Waals surface area contributed by atoms with Gasteiger partial charge in [0.1, 0.15) is 0 Å². The quantitative estimate of drug-likeness (QED) is 0.264. The van der Waals surface area contributed by atoms with Gasteiger partial charge in [0, 0.05) is 6.42 Å². The Balaban J connectivity index is 1.94. The van der Waals surface area contributed by atoms with Crippen LogP contribution >= 0.6 is 0 Å². The third kappa shape index (κ3) is 10.2. The van der Waals surface area contributed by atoms with Crippen molar-refractivity contribution in [1.82, 2.24) is 0 Å². The van der Waals surface area contributed by atoms with E-state index in [-0.39, 0.29) is 5.97 Å². The van der Waals surface area contributed by atoms with Gasteiger partial charge in [-0.25, -0.2) is 0 Å². The van der Waals surface area contributed by atoms with Gasteiger partial charge in [0.05, 0.1) is 6.26 Å². The van der Waals surface area contributed by atoms with Crippen molar-refractivity contribution in [3.63, 3.8) is 0 Å². The average molecular weight is 302 g/mol. The minimum atomic E-state index is -0.130. The molecule has 0 amide bonds. The minimum Gasteiger partial charge on any atom is -0.434 e. The molecule has 22 heavy (non-hydrogen) atoms. The smallest absolute Gasteiger partial charge is 0.310 e. The SMILES string of the molecule is CCCCCCCCCCCC(=O)O/C=C\c1ccccc1. The van der Waals surface area contributed by atoms with Gasteiger partial charge in [-0.05, 0) is 18.1 Å². The van der Waals surface area contributed by atoms with E-state index in [1.807, 2.05) is 36.4 Å². The second kappa shape index (κ2) is 13.1. The molecule has 1 aromatic carbocycles. The van der Waals surface area contributed by atoms with Gasteiger partial charge < -0.3 is 4.74 Å². The van der Waals surface area contributed by atoms with E-state index in [2.05, 4.69) is 6.92 Å². The molecule has 2 heteroatoms. The lowest BCUT2D eigenvalue weighted by Crippen LogP contribution is -1.98. The zero-order valence-corrected chi connectivity index (χ0v) is 13.9. The summed E-state index contributed by atoms with van der Waals surface area (Å²) >= 11 is 0. The van der Waals surface area contributed by atoms with Crippen molar-refractivity contribution in [2.24, 2.45) is 0 Å². The van der Waals surface area contributed by atoms with E-state index in [0.29, 0.717) is 6.42 Å². The number of carbonyl (C=O) groups excluding carboxylic acids is 1. The van der Waals surface area contributed by atoms with Gasteiger partial charge in [-0.2, -0.15) is 0 Å². The Morgan fingerprint density at radius 3 is 2.14 bits per heavy atom. The lowest BCUT2D eigenvalue weighted by molar-refractivity contribution is -0.138. The molecule has 0 N–H and O–H groups in total. The van der Waals surface area contributed by atoms with E-state index < -0.39 is 0 Å². The number of ether oxygens (including phenoxy) is 1. The molecule has 0 aliphatic heterocycles. The molecule has 122 valence electrons. The third-order valence-corrected chi connectivity index (χ3v) is 3.74. The molecule has 0 saturated carbocycles. The maximum absolute atomic E-state index is 11.6. The normalized spacial score (nSPS) is 11.0. The topological polar surface area (TPSA) is 26.3 Å². The largest absolute Gasteiger partial charge is 0.434 e. The van der Waals surface area contributed by atoms with Crippen LogP contribution in [-0.4, -0.2) is 5.97 Å². The molecule has 0 heterocycles. The van der Waals surface area contributed by atoms with Crippen molar-refractivity contribution < 1.29 is 9.53 Å². The summed E-state index contributed by atoms with van der Waals surface area (Å²) in [7, 11) is 0. The van der Waals surface area contributed by atoms with Crippen molar-refractivity contribution >= 4 is 12.0 Å². The lowest BCUT2D eigenvalue weighted by atomic mass is 10.1. The number of unbranched alkanes of at least 4 members (excludes halogenated alkanes) is 8. The van der Waals surface area contributed by atoms with E-state index >= 15 is 0 Å². The van der Waals surface area contributed by atoms with Crippen LogP contribution in [0.4, 0.5) is 0 Å². The molecule has 1 rings (SSSR count). The van der Waals surface area contributed by atoms with Crippen molar-refractivity contribution in [1.29, 1.82) is 0 Å². The molecule has 0 aliphatic rings. The van der Waals surface area contributed by atoms with Gasteiger partial charge in [-0.15, -0.1) is 0 Å². The average Bonchev–Trinajstić information content (AvgIpc) is 2.54. The Hall–Kier alpha value is -1.57. The molecular formula is C20H30O2. The van der Waals surface area contributed by atoms with Crippen LogP contribution in [0.25, 0.3) is 6.08 Å². The number of esters is 1. The Labute approximate surface area is 135 Å². The highest BCUT2D eigenvalue weighted by Gasteiger charge is 2.00. The van der Waals surface area contributed by atoms with E-state index in [1.54, 1.807) is 0 Å². The standard InChI is InChI=1S/C20H30O2/c1-2-3-4-5-6-7-8-9-13-16-20(21)22-18-17-19-14-11-10-12-15-19/h10-12,14-15,17-18H,2-9,13,16H2,1H3/b18-17-. The first kappa shape index (κ1) is 18.5. The van der Waals surface area contributed by atoms with Gasteiger partial charge in [0.15, 0.2) is 0 Å². The summed E-state index contributed by atoms with van der Waals surface area (Å²) in [6.45, 7) is 2.24. The van der Waals surface area contributed by atoms with Gasteiger partial charge in [-0.3, -0.25) is 4.79 Å². The molecule has 0 spiro atoms. The second-order valence-corrected chi connectivity index (χ2v) is 5.78. The van der Waals surface area contributed by atoms with Crippen LogP contribution in [0.15, 0.2) is 36.6 Å². The summed E-state index contributed by atoms with van der Waals surface area (Å²) in [5.74, 6) is -0.130. The van der Waals surface area contributed by atoms with Gasteiger partial charge in [0.25, 0.3) is 0 Å². The summed E-state index contributed by atoms with van der Waals surface area (Å²) in [6.07, 6.45) is 15.2. The zero-order valence-electron chi connectivity index (χ0n) is 13.9. The van der Waals surface area contributed by atoms with E-state index in [4.69, 9.17) is 4.74 Å². The fourth-order valence-corrected chi connectivity index (χ4v) is 2.39. The predicted molar refractivity (Wildman–Crippen MR) is 93.4 cm³/mol. The minimum absolute atomic E-state index is 0.130. The fraction of sp³-hybridized carbons (Fsp3) is 0.550. The summed E-state index contributed by atoms with van der Waals surface area (Å²) in [4.78, 5) is 11.6. The second-order valence-electron chi connectivity index (χ2n) is 5.78. The van der Waals surface area contributed by atoms with Crippen LogP contribution in [0, 0.1) is 0 Å². The number of rotatable bonds is 12. The Bertz CT molecular complexity index is 409. The summed E-state index contributed by atoms with van der Waals surface area (Å²) < 4.78 is 5.10. The Kier molecular flexibility index (Phi) is 11.0. The molecule has 0 aromatic heterocycles. The first-order chi connectivity index (χ1) is 10.8. The number of hydrogen-bond acceptors (Lipinski definition) is 2. The maximum Gasteiger partial charge on any atom is 0.310 e. The van der Waals surface area contributed by atoms with Crippen LogP contribution in [-0.2, 0) is 9.53 Å². The number of hydrogen-bond donors (Lipinski definition) is 0. The first-order valence-corrected chi connectivity index (χ1v) is 8.74. The highest BCUT2D eigenvalue weighted by Crippen LogP contribution is 2.11. The predicted octanol–water partition coefficient (Wildman–Crippen LogP) is 6.12. The lowest BCUT2D eigenvalue weighted by Gasteiger charge is -2.02. The van der Waals surface area contributed by atoms with Crippen LogP contribution < -0.4 is 0 Å². The third-order valence-electron chi connectivity index (χ3n) is 3.74. The monoisotopic (exact) mass is 302 g/mol. The molecule has 0 fully saturated rings.